The van der Waals surface area contributed by atoms with E-state index in [2.05, 4.69) is 43.3 Å². The zero-order valence-electron chi connectivity index (χ0n) is 12.7. The summed E-state index contributed by atoms with van der Waals surface area (Å²) < 4.78 is 6.08. The number of ether oxygens (including phenoxy) is 1. The van der Waals surface area contributed by atoms with E-state index < -0.39 is 0 Å². The molecule has 0 aromatic heterocycles. The first-order valence-corrected chi connectivity index (χ1v) is 7.85. The van der Waals surface area contributed by atoms with Gasteiger partial charge in [-0.3, -0.25) is 0 Å². The van der Waals surface area contributed by atoms with Crippen molar-refractivity contribution >= 4 is 0 Å². The maximum Gasteiger partial charge on any atom is 0.130 e. The minimum Gasteiger partial charge on any atom is -0.457 e. The minimum absolute atomic E-state index is 0.685. The van der Waals surface area contributed by atoms with E-state index >= 15 is 0 Å². The molecule has 0 aliphatic heterocycles. The lowest BCUT2D eigenvalue weighted by Gasteiger charge is -2.17. The van der Waals surface area contributed by atoms with Crippen molar-refractivity contribution in [2.24, 2.45) is 5.73 Å². The summed E-state index contributed by atoms with van der Waals surface area (Å²) in [6.45, 7) is 2.78. The number of hydrogen-bond acceptors (Lipinski definition) is 2. The third kappa shape index (κ3) is 3.27. The molecule has 2 nitrogen and oxygen atoms in total. The SMILES string of the molecule is Cc1cc(CCN)ccc1Oc1ccc2c(c1)CCCC2. The molecule has 0 saturated carbocycles. The van der Waals surface area contributed by atoms with Gasteiger partial charge >= 0.3 is 0 Å². The van der Waals surface area contributed by atoms with E-state index in [1.807, 2.05) is 0 Å². The highest BCUT2D eigenvalue weighted by Gasteiger charge is 2.11. The van der Waals surface area contributed by atoms with Gasteiger partial charge in [0, 0.05) is 0 Å². The van der Waals surface area contributed by atoms with Crippen LogP contribution in [0.2, 0.25) is 0 Å². The summed E-state index contributed by atoms with van der Waals surface area (Å²) >= 11 is 0. The molecule has 1 aliphatic carbocycles. The van der Waals surface area contributed by atoms with E-state index in [1.54, 1.807) is 0 Å². The fourth-order valence-electron chi connectivity index (χ4n) is 3.05. The van der Waals surface area contributed by atoms with Crippen molar-refractivity contribution in [3.8, 4) is 11.5 Å². The number of aryl methyl sites for hydroxylation is 3. The molecule has 0 amide bonds. The van der Waals surface area contributed by atoms with Gasteiger partial charge in [0.1, 0.15) is 11.5 Å². The molecule has 2 aromatic rings. The van der Waals surface area contributed by atoms with Gasteiger partial charge in [-0.05, 0) is 86.0 Å². The Balaban J connectivity index is 1.80. The molecule has 1 aliphatic rings. The van der Waals surface area contributed by atoms with E-state index in [0.717, 1.165) is 17.9 Å². The highest BCUT2D eigenvalue weighted by molar-refractivity contribution is 5.43. The first-order valence-electron chi connectivity index (χ1n) is 7.85. The van der Waals surface area contributed by atoms with Gasteiger partial charge in [-0.15, -0.1) is 0 Å². The van der Waals surface area contributed by atoms with Crippen LogP contribution in [-0.4, -0.2) is 6.54 Å². The predicted octanol–water partition coefficient (Wildman–Crippen LogP) is 4.17. The Morgan fingerprint density at radius 2 is 1.81 bits per heavy atom. The number of nitrogens with two attached hydrogens (primary N) is 1. The summed E-state index contributed by atoms with van der Waals surface area (Å²) in [4.78, 5) is 0. The zero-order chi connectivity index (χ0) is 14.7. The molecule has 0 bridgehead atoms. The highest BCUT2D eigenvalue weighted by atomic mass is 16.5. The van der Waals surface area contributed by atoms with Crippen molar-refractivity contribution in [2.75, 3.05) is 6.54 Å². The van der Waals surface area contributed by atoms with Gasteiger partial charge in [0.2, 0.25) is 0 Å². The van der Waals surface area contributed by atoms with Crippen LogP contribution in [0.3, 0.4) is 0 Å². The molecule has 2 aromatic carbocycles. The number of benzene rings is 2. The Hall–Kier alpha value is -1.80. The molecule has 0 spiro atoms. The average Bonchev–Trinajstić information content (AvgIpc) is 2.50. The van der Waals surface area contributed by atoms with Gasteiger partial charge < -0.3 is 10.5 Å². The second-order valence-corrected chi connectivity index (χ2v) is 5.88. The van der Waals surface area contributed by atoms with Crippen LogP contribution in [0.25, 0.3) is 0 Å². The van der Waals surface area contributed by atoms with Crippen molar-refractivity contribution in [1.29, 1.82) is 0 Å². The Kier molecular flexibility index (Phi) is 4.26. The predicted molar refractivity (Wildman–Crippen MR) is 87.1 cm³/mol. The highest BCUT2D eigenvalue weighted by Crippen LogP contribution is 2.30. The maximum atomic E-state index is 6.08. The van der Waals surface area contributed by atoms with Crippen LogP contribution in [0, 0.1) is 6.92 Å². The molecule has 0 radical (unpaired) electrons. The molecule has 3 rings (SSSR count). The van der Waals surface area contributed by atoms with Gasteiger partial charge in [-0.25, -0.2) is 0 Å². The number of rotatable bonds is 4. The van der Waals surface area contributed by atoms with E-state index in [0.29, 0.717) is 6.54 Å². The third-order valence-electron chi connectivity index (χ3n) is 4.22. The van der Waals surface area contributed by atoms with Crippen LogP contribution in [0.5, 0.6) is 11.5 Å². The molecular weight excluding hydrogens is 258 g/mol. The normalized spacial score (nSPS) is 13.8. The molecule has 0 saturated heterocycles. The Morgan fingerprint density at radius 3 is 2.57 bits per heavy atom. The minimum atomic E-state index is 0.685. The number of hydrogen-bond donors (Lipinski definition) is 1. The standard InChI is InChI=1S/C19H23NO/c1-14-12-15(10-11-20)6-9-19(14)21-18-8-7-16-4-2-3-5-17(16)13-18/h6-9,12-13H,2-5,10-11,20H2,1H3. The summed E-state index contributed by atoms with van der Waals surface area (Å²) in [6, 6.07) is 12.9. The molecule has 21 heavy (non-hydrogen) atoms. The topological polar surface area (TPSA) is 35.2 Å². The second-order valence-electron chi connectivity index (χ2n) is 5.88. The van der Waals surface area contributed by atoms with Crippen LogP contribution in [-0.2, 0) is 19.3 Å². The maximum absolute atomic E-state index is 6.08. The first-order chi connectivity index (χ1) is 10.3. The van der Waals surface area contributed by atoms with Crippen molar-refractivity contribution in [3.05, 3.63) is 58.7 Å². The van der Waals surface area contributed by atoms with Gasteiger partial charge in [0.15, 0.2) is 0 Å². The summed E-state index contributed by atoms with van der Waals surface area (Å²) in [6.07, 6.45) is 5.92. The van der Waals surface area contributed by atoms with Gasteiger partial charge in [0.05, 0.1) is 0 Å². The lowest BCUT2D eigenvalue weighted by atomic mass is 9.92. The fraction of sp³-hybridized carbons (Fsp3) is 0.368. The summed E-state index contributed by atoms with van der Waals surface area (Å²) in [5.41, 5.74) is 11.0. The Bertz CT molecular complexity index is 633. The summed E-state index contributed by atoms with van der Waals surface area (Å²) in [5.74, 6) is 1.89. The van der Waals surface area contributed by atoms with Crippen LogP contribution in [0.1, 0.15) is 35.1 Å². The van der Waals surface area contributed by atoms with Crippen LogP contribution < -0.4 is 10.5 Å². The lowest BCUT2D eigenvalue weighted by molar-refractivity contribution is 0.477. The summed E-state index contributed by atoms with van der Waals surface area (Å²) in [7, 11) is 0. The fourth-order valence-corrected chi connectivity index (χ4v) is 3.05. The van der Waals surface area contributed by atoms with Crippen molar-refractivity contribution in [3.63, 3.8) is 0 Å². The molecule has 0 unspecified atom stereocenters. The molecule has 0 heterocycles. The quantitative estimate of drug-likeness (QED) is 0.913. The van der Waals surface area contributed by atoms with Crippen LogP contribution in [0.15, 0.2) is 36.4 Å². The van der Waals surface area contributed by atoms with Gasteiger partial charge in [-0.1, -0.05) is 18.2 Å². The lowest BCUT2D eigenvalue weighted by Crippen LogP contribution is -2.03. The Morgan fingerprint density at radius 1 is 1.00 bits per heavy atom. The Labute approximate surface area is 126 Å². The molecule has 2 N–H and O–H groups in total. The van der Waals surface area contributed by atoms with E-state index in [4.69, 9.17) is 10.5 Å². The van der Waals surface area contributed by atoms with E-state index in [9.17, 15) is 0 Å². The van der Waals surface area contributed by atoms with Gasteiger partial charge in [0.25, 0.3) is 0 Å². The van der Waals surface area contributed by atoms with Crippen LogP contribution >= 0.6 is 0 Å². The van der Waals surface area contributed by atoms with Crippen molar-refractivity contribution in [1.82, 2.24) is 0 Å². The molecule has 0 fully saturated rings. The van der Waals surface area contributed by atoms with Crippen molar-refractivity contribution in [2.45, 2.75) is 39.0 Å². The zero-order valence-corrected chi connectivity index (χ0v) is 12.7. The van der Waals surface area contributed by atoms with Crippen LogP contribution in [0.4, 0.5) is 0 Å². The van der Waals surface area contributed by atoms with Gasteiger partial charge in [-0.2, -0.15) is 0 Å². The average molecular weight is 281 g/mol. The molecule has 110 valence electrons. The largest absolute Gasteiger partial charge is 0.457 e. The molecule has 0 atom stereocenters. The summed E-state index contributed by atoms with van der Waals surface area (Å²) in [5, 5.41) is 0. The molecule has 2 heteroatoms. The smallest absolute Gasteiger partial charge is 0.130 e. The monoisotopic (exact) mass is 281 g/mol. The second kappa shape index (κ2) is 6.31. The van der Waals surface area contributed by atoms with Crippen molar-refractivity contribution < 1.29 is 4.74 Å². The van der Waals surface area contributed by atoms with E-state index in [-0.39, 0.29) is 0 Å². The number of fused-ring (bicyclic) bond motifs is 1. The van der Waals surface area contributed by atoms with E-state index in [1.165, 1.54) is 47.9 Å². The first kappa shape index (κ1) is 14.2. The third-order valence-corrected chi connectivity index (χ3v) is 4.22. The molecular formula is C19H23NO.